The molecule has 3 rings (SSSR count). The molecule has 0 aliphatic carbocycles. The average molecular weight is 306 g/mol. The Labute approximate surface area is 136 Å². The normalized spacial score (nSPS) is 15.3. The molecule has 0 aromatic heterocycles. The van der Waals surface area contributed by atoms with Crippen LogP contribution in [0.2, 0.25) is 0 Å². The number of piperidine rings is 1. The fourth-order valence-corrected chi connectivity index (χ4v) is 2.95. The molecule has 2 nitrogen and oxygen atoms in total. The van der Waals surface area contributed by atoms with Crippen LogP contribution in [0, 0.1) is 17.1 Å². The number of nitrogens with zero attached hydrogens (tertiary/aromatic N) is 2. The minimum absolute atomic E-state index is 0.342. The summed E-state index contributed by atoms with van der Waals surface area (Å²) in [5.41, 5.74) is 2.81. The third-order valence-corrected chi connectivity index (χ3v) is 4.21. The van der Waals surface area contributed by atoms with Gasteiger partial charge >= 0.3 is 0 Å². The fraction of sp³-hybridized carbons (Fsp3) is 0.250. The summed E-state index contributed by atoms with van der Waals surface area (Å²) in [6.45, 7) is 2.21. The van der Waals surface area contributed by atoms with Crippen LogP contribution in [-0.2, 0) is 0 Å². The molecule has 0 unspecified atom stereocenters. The van der Waals surface area contributed by atoms with E-state index in [9.17, 15) is 9.65 Å². The van der Waals surface area contributed by atoms with E-state index < -0.39 is 0 Å². The van der Waals surface area contributed by atoms with Gasteiger partial charge in [0.25, 0.3) is 0 Å². The van der Waals surface area contributed by atoms with Gasteiger partial charge in [0.1, 0.15) is 5.82 Å². The SMILES string of the molecule is N#CC(=Cc1ccc(N2CCCCC2)cc1)c1ccccc1F. The van der Waals surface area contributed by atoms with E-state index in [0.29, 0.717) is 11.1 Å². The second kappa shape index (κ2) is 7.11. The molecule has 2 aromatic carbocycles. The van der Waals surface area contributed by atoms with Crippen molar-refractivity contribution in [3.8, 4) is 6.07 Å². The highest BCUT2D eigenvalue weighted by Crippen LogP contribution is 2.23. The van der Waals surface area contributed by atoms with Crippen LogP contribution in [0.4, 0.5) is 10.1 Å². The highest BCUT2D eigenvalue weighted by molar-refractivity contribution is 5.89. The Bertz CT molecular complexity index is 735. The van der Waals surface area contributed by atoms with Gasteiger partial charge in [0, 0.05) is 24.3 Å². The van der Waals surface area contributed by atoms with Gasteiger partial charge in [-0.2, -0.15) is 5.26 Å². The average Bonchev–Trinajstić information content (AvgIpc) is 2.62. The highest BCUT2D eigenvalue weighted by atomic mass is 19.1. The van der Waals surface area contributed by atoms with E-state index in [2.05, 4.69) is 23.1 Å². The van der Waals surface area contributed by atoms with E-state index in [-0.39, 0.29) is 5.82 Å². The number of rotatable bonds is 3. The van der Waals surface area contributed by atoms with Crippen LogP contribution in [0.15, 0.2) is 48.5 Å². The Morgan fingerprint density at radius 2 is 1.70 bits per heavy atom. The number of halogens is 1. The minimum atomic E-state index is -0.370. The Balaban J connectivity index is 1.84. The summed E-state index contributed by atoms with van der Waals surface area (Å²) < 4.78 is 13.8. The molecule has 0 amide bonds. The number of benzene rings is 2. The molecular weight excluding hydrogens is 287 g/mol. The van der Waals surface area contributed by atoms with Crippen molar-refractivity contribution in [3.63, 3.8) is 0 Å². The summed E-state index contributed by atoms with van der Waals surface area (Å²) in [5.74, 6) is -0.370. The van der Waals surface area contributed by atoms with Crippen molar-refractivity contribution in [2.24, 2.45) is 0 Å². The molecule has 1 aliphatic rings. The van der Waals surface area contributed by atoms with E-state index in [4.69, 9.17) is 0 Å². The standard InChI is InChI=1S/C20H19FN2/c21-20-7-3-2-6-19(20)17(15-22)14-16-8-10-18(11-9-16)23-12-4-1-5-13-23/h2-3,6-11,14H,1,4-5,12-13H2. The van der Waals surface area contributed by atoms with Gasteiger partial charge in [-0.05, 0) is 49.1 Å². The number of hydrogen-bond donors (Lipinski definition) is 0. The van der Waals surface area contributed by atoms with E-state index in [1.807, 2.05) is 12.1 Å². The zero-order chi connectivity index (χ0) is 16.1. The first-order valence-electron chi connectivity index (χ1n) is 7.99. The fourth-order valence-electron chi connectivity index (χ4n) is 2.95. The molecule has 0 atom stereocenters. The van der Waals surface area contributed by atoms with Gasteiger partial charge in [0.05, 0.1) is 11.6 Å². The Hall–Kier alpha value is -2.60. The second-order valence-corrected chi connectivity index (χ2v) is 5.79. The van der Waals surface area contributed by atoms with Crippen LogP contribution in [0.3, 0.4) is 0 Å². The van der Waals surface area contributed by atoms with Gasteiger partial charge in [-0.1, -0.05) is 30.3 Å². The van der Waals surface area contributed by atoms with E-state index in [1.165, 1.54) is 31.0 Å². The molecule has 0 bridgehead atoms. The summed E-state index contributed by atoms with van der Waals surface area (Å²) in [6.07, 6.45) is 5.53. The van der Waals surface area contributed by atoms with Crippen LogP contribution in [-0.4, -0.2) is 13.1 Å². The predicted octanol–water partition coefficient (Wildman–Crippen LogP) is 4.88. The molecule has 1 saturated heterocycles. The molecule has 0 saturated carbocycles. The maximum absolute atomic E-state index is 13.8. The highest BCUT2D eigenvalue weighted by Gasteiger charge is 2.11. The van der Waals surface area contributed by atoms with Crippen molar-refractivity contribution < 1.29 is 4.39 Å². The molecule has 116 valence electrons. The molecule has 0 N–H and O–H groups in total. The molecule has 1 fully saturated rings. The molecule has 1 aliphatic heterocycles. The predicted molar refractivity (Wildman–Crippen MR) is 92.4 cm³/mol. The molecule has 2 aromatic rings. The molecule has 23 heavy (non-hydrogen) atoms. The van der Waals surface area contributed by atoms with Gasteiger partial charge in [0.15, 0.2) is 0 Å². The first-order valence-corrected chi connectivity index (χ1v) is 7.99. The van der Waals surface area contributed by atoms with E-state index >= 15 is 0 Å². The zero-order valence-electron chi connectivity index (χ0n) is 13.0. The van der Waals surface area contributed by atoms with Crippen molar-refractivity contribution in [2.45, 2.75) is 19.3 Å². The summed E-state index contributed by atoms with van der Waals surface area (Å²) in [6, 6.07) is 16.6. The van der Waals surface area contributed by atoms with Crippen LogP contribution in [0.25, 0.3) is 11.6 Å². The van der Waals surface area contributed by atoms with Crippen molar-refractivity contribution in [1.82, 2.24) is 0 Å². The maximum Gasteiger partial charge on any atom is 0.131 e. The molecule has 3 heteroatoms. The van der Waals surface area contributed by atoms with Crippen molar-refractivity contribution in [2.75, 3.05) is 18.0 Å². The van der Waals surface area contributed by atoms with Gasteiger partial charge in [0.2, 0.25) is 0 Å². The third kappa shape index (κ3) is 3.60. The van der Waals surface area contributed by atoms with Crippen molar-refractivity contribution in [3.05, 3.63) is 65.5 Å². The summed E-state index contributed by atoms with van der Waals surface area (Å²) in [4.78, 5) is 2.39. The molecule has 0 spiro atoms. The Morgan fingerprint density at radius 3 is 2.35 bits per heavy atom. The van der Waals surface area contributed by atoms with Crippen molar-refractivity contribution in [1.29, 1.82) is 5.26 Å². The summed E-state index contributed by atoms with van der Waals surface area (Å²) >= 11 is 0. The lowest BCUT2D eigenvalue weighted by Crippen LogP contribution is -2.29. The number of nitriles is 1. The Kier molecular flexibility index (Phi) is 4.73. The zero-order valence-corrected chi connectivity index (χ0v) is 13.0. The third-order valence-electron chi connectivity index (χ3n) is 4.21. The first-order chi connectivity index (χ1) is 11.3. The lowest BCUT2D eigenvalue weighted by Gasteiger charge is -2.28. The van der Waals surface area contributed by atoms with Crippen molar-refractivity contribution >= 4 is 17.3 Å². The molecular formula is C20H19FN2. The van der Waals surface area contributed by atoms with Crippen LogP contribution in [0.5, 0.6) is 0 Å². The van der Waals surface area contributed by atoms with Gasteiger partial charge in [-0.3, -0.25) is 0 Å². The smallest absolute Gasteiger partial charge is 0.131 e. The quantitative estimate of drug-likeness (QED) is 0.597. The lowest BCUT2D eigenvalue weighted by molar-refractivity contribution is 0.578. The lowest BCUT2D eigenvalue weighted by atomic mass is 10.0. The molecule has 0 radical (unpaired) electrons. The van der Waals surface area contributed by atoms with Crippen LogP contribution < -0.4 is 4.90 Å². The largest absolute Gasteiger partial charge is 0.372 e. The second-order valence-electron chi connectivity index (χ2n) is 5.79. The molecule has 1 heterocycles. The monoisotopic (exact) mass is 306 g/mol. The first kappa shape index (κ1) is 15.3. The minimum Gasteiger partial charge on any atom is -0.372 e. The van der Waals surface area contributed by atoms with E-state index in [0.717, 1.165) is 18.7 Å². The summed E-state index contributed by atoms with van der Waals surface area (Å²) in [7, 11) is 0. The number of anilines is 1. The topological polar surface area (TPSA) is 27.0 Å². The van der Waals surface area contributed by atoms with Gasteiger partial charge < -0.3 is 4.90 Å². The Morgan fingerprint density at radius 1 is 1.00 bits per heavy atom. The maximum atomic E-state index is 13.8. The summed E-state index contributed by atoms with van der Waals surface area (Å²) in [5, 5.41) is 9.33. The van der Waals surface area contributed by atoms with E-state index in [1.54, 1.807) is 24.3 Å². The van der Waals surface area contributed by atoms with Crippen LogP contribution >= 0.6 is 0 Å². The van der Waals surface area contributed by atoms with Gasteiger partial charge in [-0.25, -0.2) is 4.39 Å². The van der Waals surface area contributed by atoms with Crippen LogP contribution in [0.1, 0.15) is 30.4 Å². The van der Waals surface area contributed by atoms with Gasteiger partial charge in [-0.15, -0.1) is 0 Å². The number of allylic oxidation sites excluding steroid dienone is 1. The number of hydrogen-bond acceptors (Lipinski definition) is 2.